The van der Waals surface area contributed by atoms with Crippen molar-refractivity contribution < 1.29 is 9.90 Å². The first-order chi connectivity index (χ1) is 9.61. The van der Waals surface area contributed by atoms with Crippen molar-refractivity contribution in [2.24, 2.45) is 0 Å². The number of phenols is 1. The molecule has 0 aliphatic carbocycles. The van der Waals surface area contributed by atoms with Crippen LogP contribution < -0.4 is 10.6 Å². The smallest absolute Gasteiger partial charge is 0.259 e. The Morgan fingerprint density at radius 1 is 1.25 bits per heavy atom. The van der Waals surface area contributed by atoms with E-state index in [1.165, 1.54) is 6.07 Å². The van der Waals surface area contributed by atoms with E-state index in [1.807, 2.05) is 13.0 Å². The molecule has 2 rings (SSSR count). The Morgan fingerprint density at radius 3 is 2.65 bits per heavy atom. The van der Waals surface area contributed by atoms with Gasteiger partial charge in [0.1, 0.15) is 5.75 Å². The molecule has 0 fully saturated rings. The van der Waals surface area contributed by atoms with Gasteiger partial charge in [0, 0.05) is 12.2 Å². The second-order valence-electron chi connectivity index (χ2n) is 4.20. The lowest BCUT2D eigenvalue weighted by atomic mass is 10.2. The number of amides is 1. The zero-order chi connectivity index (χ0) is 14.5. The van der Waals surface area contributed by atoms with E-state index >= 15 is 0 Å². The third-order valence-electron chi connectivity index (χ3n) is 2.75. The van der Waals surface area contributed by atoms with Crippen molar-refractivity contribution in [1.82, 2.24) is 0 Å². The van der Waals surface area contributed by atoms with Crippen LogP contribution in [0.2, 0.25) is 5.02 Å². The van der Waals surface area contributed by atoms with Gasteiger partial charge in [-0.2, -0.15) is 0 Å². The minimum Gasteiger partial charge on any atom is -0.507 e. The Labute approximate surface area is 122 Å². The van der Waals surface area contributed by atoms with Gasteiger partial charge < -0.3 is 15.7 Å². The number of hydrogen-bond acceptors (Lipinski definition) is 3. The number of hydrogen-bond donors (Lipinski definition) is 3. The molecule has 0 aliphatic heterocycles. The van der Waals surface area contributed by atoms with Crippen LogP contribution in [0.4, 0.5) is 11.4 Å². The lowest BCUT2D eigenvalue weighted by molar-refractivity contribution is 0.102. The maximum atomic E-state index is 12.1. The lowest BCUT2D eigenvalue weighted by Crippen LogP contribution is -2.12. The number of halogens is 1. The van der Waals surface area contributed by atoms with Crippen LogP contribution in [-0.2, 0) is 0 Å². The molecule has 104 valence electrons. The summed E-state index contributed by atoms with van der Waals surface area (Å²) < 4.78 is 0. The molecule has 1 amide bonds. The molecule has 0 saturated heterocycles. The topological polar surface area (TPSA) is 61.4 Å². The SMILES string of the molecule is CCNc1ccc(NC(=O)c2ccccc2O)c(Cl)c1. The van der Waals surface area contributed by atoms with Gasteiger partial charge in [0.05, 0.1) is 16.3 Å². The van der Waals surface area contributed by atoms with Gasteiger partial charge in [-0.05, 0) is 37.3 Å². The van der Waals surface area contributed by atoms with Gasteiger partial charge in [-0.3, -0.25) is 4.79 Å². The van der Waals surface area contributed by atoms with Crippen LogP contribution in [0.15, 0.2) is 42.5 Å². The number of carbonyl (C=O) groups excluding carboxylic acids is 1. The first-order valence-electron chi connectivity index (χ1n) is 6.24. The van der Waals surface area contributed by atoms with Crippen LogP contribution in [0.25, 0.3) is 0 Å². The van der Waals surface area contributed by atoms with Gasteiger partial charge in [-0.15, -0.1) is 0 Å². The monoisotopic (exact) mass is 290 g/mol. The molecule has 3 N–H and O–H groups in total. The number of rotatable bonds is 4. The summed E-state index contributed by atoms with van der Waals surface area (Å²) >= 11 is 6.12. The van der Waals surface area contributed by atoms with E-state index in [0.29, 0.717) is 10.7 Å². The molecular formula is C15H15ClN2O2. The maximum absolute atomic E-state index is 12.1. The number of phenolic OH excluding ortho intramolecular Hbond substituents is 1. The van der Waals surface area contributed by atoms with Crippen LogP contribution in [0.5, 0.6) is 5.75 Å². The molecule has 0 aromatic heterocycles. The van der Waals surface area contributed by atoms with Crippen molar-refractivity contribution in [1.29, 1.82) is 0 Å². The van der Waals surface area contributed by atoms with Crippen molar-refractivity contribution >= 4 is 28.9 Å². The van der Waals surface area contributed by atoms with Gasteiger partial charge in [0.2, 0.25) is 0 Å². The van der Waals surface area contributed by atoms with Gasteiger partial charge >= 0.3 is 0 Å². The fraction of sp³-hybridized carbons (Fsp3) is 0.133. The fourth-order valence-electron chi connectivity index (χ4n) is 1.79. The highest BCUT2D eigenvalue weighted by Gasteiger charge is 2.12. The Kier molecular flexibility index (Phi) is 4.48. The zero-order valence-electron chi connectivity index (χ0n) is 11.0. The Morgan fingerprint density at radius 2 is 2.00 bits per heavy atom. The van der Waals surface area contributed by atoms with Crippen molar-refractivity contribution in [2.45, 2.75) is 6.92 Å². The van der Waals surface area contributed by atoms with Crippen LogP contribution in [-0.4, -0.2) is 17.6 Å². The predicted molar refractivity (Wildman–Crippen MR) is 81.7 cm³/mol. The normalized spacial score (nSPS) is 10.1. The van der Waals surface area contributed by atoms with E-state index in [0.717, 1.165) is 12.2 Å². The Hall–Kier alpha value is -2.20. The standard InChI is InChI=1S/C15H15ClN2O2/c1-2-17-10-7-8-13(12(16)9-10)18-15(20)11-5-3-4-6-14(11)19/h3-9,17,19H,2H2,1H3,(H,18,20). The summed E-state index contributed by atoms with van der Waals surface area (Å²) in [6.07, 6.45) is 0. The molecule has 0 unspecified atom stereocenters. The van der Waals surface area contributed by atoms with Crippen molar-refractivity contribution in [3.8, 4) is 5.75 Å². The van der Waals surface area contributed by atoms with Crippen LogP contribution in [0, 0.1) is 0 Å². The minimum absolute atomic E-state index is 0.0645. The number of nitrogens with one attached hydrogen (secondary N) is 2. The molecule has 5 heteroatoms. The van der Waals surface area contributed by atoms with E-state index < -0.39 is 5.91 Å². The third kappa shape index (κ3) is 3.22. The second kappa shape index (κ2) is 6.30. The van der Waals surface area contributed by atoms with Crippen molar-refractivity contribution in [2.75, 3.05) is 17.2 Å². The van der Waals surface area contributed by atoms with E-state index in [9.17, 15) is 9.90 Å². The van der Waals surface area contributed by atoms with Crippen LogP contribution >= 0.6 is 11.6 Å². The molecule has 4 nitrogen and oxygen atoms in total. The molecule has 0 heterocycles. The van der Waals surface area contributed by atoms with Gasteiger partial charge in [-0.1, -0.05) is 23.7 Å². The molecule has 0 bridgehead atoms. The van der Waals surface area contributed by atoms with E-state index in [2.05, 4.69) is 10.6 Å². The molecule has 0 saturated carbocycles. The second-order valence-corrected chi connectivity index (χ2v) is 4.60. The zero-order valence-corrected chi connectivity index (χ0v) is 11.7. The van der Waals surface area contributed by atoms with Crippen molar-refractivity contribution in [3.05, 3.63) is 53.1 Å². The Bertz CT molecular complexity index is 629. The summed E-state index contributed by atoms with van der Waals surface area (Å²) in [6.45, 7) is 2.78. The highest BCUT2D eigenvalue weighted by Crippen LogP contribution is 2.26. The number of aromatic hydroxyl groups is 1. The number of para-hydroxylation sites is 1. The molecule has 0 aliphatic rings. The summed E-state index contributed by atoms with van der Waals surface area (Å²) in [4.78, 5) is 12.1. The summed E-state index contributed by atoms with van der Waals surface area (Å²) in [5.74, 6) is -0.466. The van der Waals surface area contributed by atoms with E-state index in [-0.39, 0.29) is 11.3 Å². The summed E-state index contributed by atoms with van der Waals surface area (Å²) in [5.41, 5.74) is 1.60. The molecule has 2 aromatic rings. The first kappa shape index (κ1) is 14.2. The quantitative estimate of drug-likeness (QED) is 0.804. The van der Waals surface area contributed by atoms with Crippen molar-refractivity contribution in [3.63, 3.8) is 0 Å². The molecule has 0 radical (unpaired) electrons. The number of anilines is 2. The van der Waals surface area contributed by atoms with E-state index in [4.69, 9.17) is 11.6 Å². The first-order valence-corrected chi connectivity index (χ1v) is 6.62. The number of benzene rings is 2. The van der Waals surface area contributed by atoms with Gasteiger partial charge in [-0.25, -0.2) is 0 Å². The number of carbonyl (C=O) groups is 1. The fourth-order valence-corrected chi connectivity index (χ4v) is 2.01. The van der Waals surface area contributed by atoms with Crippen LogP contribution in [0.1, 0.15) is 17.3 Å². The maximum Gasteiger partial charge on any atom is 0.259 e. The van der Waals surface area contributed by atoms with Crippen LogP contribution in [0.3, 0.4) is 0 Å². The van der Waals surface area contributed by atoms with E-state index in [1.54, 1.807) is 30.3 Å². The molecular weight excluding hydrogens is 276 g/mol. The average molecular weight is 291 g/mol. The highest BCUT2D eigenvalue weighted by molar-refractivity contribution is 6.34. The molecule has 0 atom stereocenters. The highest BCUT2D eigenvalue weighted by atomic mass is 35.5. The third-order valence-corrected chi connectivity index (χ3v) is 3.06. The lowest BCUT2D eigenvalue weighted by Gasteiger charge is -2.10. The van der Waals surface area contributed by atoms with Gasteiger partial charge in [0.25, 0.3) is 5.91 Å². The minimum atomic E-state index is -0.402. The predicted octanol–water partition coefficient (Wildman–Crippen LogP) is 3.73. The van der Waals surface area contributed by atoms with Gasteiger partial charge in [0.15, 0.2) is 0 Å². The molecule has 2 aromatic carbocycles. The largest absolute Gasteiger partial charge is 0.507 e. The molecule has 0 spiro atoms. The Balaban J connectivity index is 2.18. The summed E-state index contributed by atoms with van der Waals surface area (Å²) in [5, 5.41) is 15.9. The summed E-state index contributed by atoms with van der Waals surface area (Å²) in [6, 6.07) is 11.6. The summed E-state index contributed by atoms with van der Waals surface area (Å²) in [7, 11) is 0. The average Bonchev–Trinajstić information content (AvgIpc) is 2.42. The molecule has 20 heavy (non-hydrogen) atoms.